The van der Waals surface area contributed by atoms with Crippen LogP contribution >= 0.6 is 0 Å². The van der Waals surface area contributed by atoms with Crippen molar-refractivity contribution in [1.82, 2.24) is 4.90 Å². The van der Waals surface area contributed by atoms with E-state index in [9.17, 15) is 14.4 Å². The molecule has 1 unspecified atom stereocenters. The summed E-state index contributed by atoms with van der Waals surface area (Å²) in [5, 5.41) is 8.96. The Morgan fingerprint density at radius 1 is 1.53 bits per heavy atom. The van der Waals surface area contributed by atoms with Crippen molar-refractivity contribution in [2.75, 3.05) is 6.54 Å². The third-order valence-corrected chi connectivity index (χ3v) is 2.53. The number of piperidine rings is 1. The third kappa shape index (κ3) is 2.55. The Labute approximate surface area is 88.1 Å². The van der Waals surface area contributed by atoms with E-state index in [-0.39, 0.29) is 6.42 Å². The fraction of sp³-hybridized carbons (Fsp3) is 0.700. The van der Waals surface area contributed by atoms with Crippen LogP contribution in [0, 0.1) is 0 Å². The summed E-state index contributed by atoms with van der Waals surface area (Å²) in [6, 6.07) is -0.841. The first kappa shape index (κ1) is 11.7. The van der Waals surface area contributed by atoms with E-state index >= 15 is 0 Å². The molecule has 5 heteroatoms. The Hall–Kier alpha value is -1.39. The summed E-state index contributed by atoms with van der Waals surface area (Å²) >= 11 is 0. The maximum absolute atomic E-state index is 11.5. The zero-order chi connectivity index (χ0) is 11.4. The van der Waals surface area contributed by atoms with Crippen LogP contribution in [0.5, 0.6) is 0 Å². The van der Waals surface area contributed by atoms with Gasteiger partial charge in [0.1, 0.15) is 6.04 Å². The molecule has 1 fully saturated rings. The maximum atomic E-state index is 11.5. The van der Waals surface area contributed by atoms with E-state index in [4.69, 9.17) is 5.11 Å². The van der Waals surface area contributed by atoms with Gasteiger partial charge in [-0.1, -0.05) is 13.3 Å². The SMILES string of the molecule is CCCC(C(=O)O)N1CCCC(=O)C1=O. The van der Waals surface area contributed by atoms with Crippen LogP contribution in [0.4, 0.5) is 0 Å². The van der Waals surface area contributed by atoms with E-state index in [1.54, 1.807) is 0 Å². The minimum absolute atomic E-state index is 0.244. The zero-order valence-corrected chi connectivity index (χ0v) is 8.73. The molecule has 0 aromatic heterocycles. The fourth-order valence-electron chi connectivity index (χ4n) is 1.76. The minimum atomic E-state index is -1.03. The summed E-state index contributed by atoms with van der Waals surface area (Å²) < 4.78 is 0. The van der Waals surface area contributed by atoms with Crippen LogP contribution in [0.2, 0.25) is 0 Å². The van der Waals surface area contributed by atoms with Crippen LogP contribution in [0.3, 0.4) is 0 Å². The van der Waals surface area contributed by atoms with Gasteiger partial charge in [-0.25, -0.2) is 4.79 Å². The number of carboxylic acids is 1. The van der Waals surface area contributed by atoms with Crippen molar-refractivity contribution < 1.29 is 19.5 Å². The molecule has 1 amide bonds. The van der Waals surface area contributed by atoms with Gasteiger partial charge in [0.2, 0.25) is 5.78 Å². The van der Waals surface area contributed by atoms with E-state index < -0.39 is 23.7 Å². The van der Waals surface area contributed by atoms with Crippen molar-refractivity contribution in [2.24, 2.45) is 0 Å². The smallest absolute Gasteiger partial charge is 0.326 e. The van der Waals surface area contributed by atoms with Crippen LogP contribution in [0.1, 0.15) is 32.6 Å². The first-order chi connectivity index (χ1) is 7.07. The number of likely N-dealkylation sites (tertiary alicyclic amines) is 1. The number of ketones is 1. The van der Waals surface area contributed by atoms with Gasteiger partial charge >= 0.3 is 5.97 Å². The number of carboxylic acid groups (broad SMARTS) is 1. The van der Waals surface area contributed by atoms with Crippen LogP contribution in [-0.4, -0.2) is 40.3 Å². The molecule has 15 heavy (non-hydrogen) atoms. The second-order valence-electron chi connectivity index (χ2n) is 3.67. The quantitative estimate of drug-likeness (QED) is 0.687. The summed E-state index contributed by atoms with van der Waals surface area (Å²) in [4.78, 5) is 34.7. The Morgan fingerprint density at radius 3 is 2.73 bits per heavy atom. The number of amides is 1. The normalized spacial score (nSPS) is 19.1. The summed E-state index contributed by atoms with van der Waals surface area (Å²) in [5.74, 6) is -2.13. The Kier molecular flexibility index (Phi) is 3.82. The second kappa shape index (κ2) is 4.91. The molecule has 1 aliphatic rings. The Morgan fingerprint density at radius 2 is 2.20 bits per heavy atom. The van der Waals surface area contributed by atoms with Gasteiger partial charge in [0, 0.05) is 13.0 Å². The number of rotatable bonds is 4. The number of hydrogen-bond donors (Lipinski definition) is 1. The van der Waals surface area contributed by atoms with Gasteiger partial charge in [-0.3, -0.25) is 9.59 Å². The number of aliphatic carboxylic acids is 1. The number of carbonyl (C=O) groups is 3. The molecule has 1 heterocycles. The number of Topliss-reactive ketones (excluding diaryl/α,β-unsaturated/α-hetero) is 1. The third-order valence-electron chi connectivity index (χ3n) is 2.53. The van der Waals surface area contributed by atoms with E-state index in [0.717, 1.165) is 0 Å². The van der Waals surface area contributed by atoms with Gasteiger partial charge in [0.25, 0.3) is 5.91 Å². The molecule has 0 aliphatic carbocycles. The molecule has 5 nitrogen and oxygen atoms in total. The fourth-order valence-corrected chi connectivity index (χ4v) is 1.76. The van der Waals surface area contributed by atoms with Crippen LogP contribution < -0.4 is 0 Å². The lowest BCUT2D eigenvalue weighted by atomic mass is 10.0. The maximum Gasteiger partial charge on any atom is 0.326 e. The van der Waals surface area contributed by atoms with Crippen molar-refractivity contribution in [3.05, 3.63) is 0 Å². The molecule has 0 bridgehead atoms. The highest BCUT2D eigenvalue weighted by Gasteiger charge is 2.34. The Bertz CT molecular complexity index is 287. The zero-order valence-electron chi connectivity index (χ0n) is 8.73. The molecule has 1 saturated heterocycles. The molecule has 0 radical (unpaired) electrons. The van der Waals surface area contributed by atoms with Crippen molar-refractivity contribution in [1.29, 1.82) is 0 Å². The topological polar surface area (TPSA) is 74.7 Å². The molecule has 0 aromatic rings. The highest BCUT2D eigenvalue weighted by molar-refractivity contribution is 6.36. The van der Waals surface area contributed by atoms with E-state index in [1.165, 1.54) is 4.90 Å². The first-order valence-corrected chi connectivity index (χ1v) is 5.14. The largest absolute Gasteiger partial charge is 0.480 e. The number of nitrogens with zero attached hydrogens (tertiary/aromatic N) is 1. The molecule has 1 N–H and O–H groups in total. The average Bonchev–Trinajstić information content (AvgIpc) is 2.19. The van der Waals surface area contributed by atoms with Crippen molar-refractivity contribution >= 4 is 17.7 Å². The van der Waals surface area contributed by atoms with Crippen LogP contribution in [-0.2, 0) is 14.4 Å². The lowest BCUT2D eigenvalue weighted by Gasteiger charge is -2.30. The standard InChI is InChI=1S/C10H15NO4/c1-2-4-7(10(14)15)11-6-3-5-8(12)9(11)13/h7H,2-6H2,1H3,(H,14,15). The van der Waals surface area contributed by atoms with Gasteiger partial charge in [-0.2, -0.15) is 0 Å². The van der Waals surface area contributed by atoms with Gasteiger partial charge < -0.3 is 10.0 Å². The second-order valence-corrected chi connectivity index (χ2v) is 3.67. The van der Waals surface area contributed by atoms with Gasteiger partial charge in [-0.15, -0.1) is 0 Å². The van der Waals surface area contributed by atoms with Crippen molar-refractivity contribution in [3.8, 4) is 0 Å². The summed E-state index contributed by atoms with van der Waals surface area (Å²) in [5.41, 5.74) is 0. The lowest BCUT2D eigenvalue weighted by molar-refractivity contribution is -0.156. The molecule has 0 saturated carbocycles. The van der Waals surface area contributed by atoms with Crippen LogP contribution in [0.15, 0.2) is 0 Å². The van der Waals surface area contributed by atoms with E-state index in [1.807, 2.05) is 6.92 Å². The number of carbonyl (C=O) groups excluding carboxylic acids is 2. The molecule has 1 atom stereocenters. The monoisotopic (exact) mass is 213 g/mol. The molecule has 0 spiro atoms. The van der Waals surface area contributed by atoms with Gasteiger partial charge in [0.15, 0.2) is 0 Å². The highest BCUT2D eigenvalue weighted by atomic mass is 16.4. The Balaban J connectivity index is 2.77. The first-order valence-electron chi connectivity index (χ1n) is 5.14. The predicted octanol–water partition coefficient (Wildman–Crippen LogP) is 0.431. The van der Waals surface area contributed by atoms with Gasteiger partial charge in [0.05, 0.1) is 0 Å². The summed E-state index contributed by atoms with van der Waals surface area (Å²) in [7, 11) is 0. The minimum Gasteiger partial charge on any atom is -0.480 e. The lowest BCUT2D eigenvalue weighted by Crippen LogP contribution is -2.50. The summed E-state index contributed by atoms with van der Waals surface area (Å²) in [6.07, 6.45) is 1.88. The summed E-state index contributed by atoms with van der Waals surface area (Å²) in [6.45, 7) is 2.23. The van der Waals surface area contributed by atoms with Gasteiger partial charge in [-0.05, 0) is 12.8 Å². The van der Waals surface area contributed by atoms with E-state index in [2.05, 4.69) is 0 Å². The predicted molar refractivity (Wildman–Crippen MR) is 52.3 cm³/mol. The van der Waals surface area contributed by atoms with Crippen LogP contribution in [0.25, 0.3) is 0 Å². The molecule has 1 rings (SSSR count). The molecule has 1 aliphatic heterocycles. The highest BCUT2D eigenvalue weighted by Crippen LogP contribution is 2.15. The van der Waals surface area contributed by atoms with E-state index in [0.29, 0.717) is 25.8 Å². The number of hydrogen-bond acceptors (Lipinski definition) is 3. The van der Waals surface area contributed by atoms with Crippen molar-refractivity contribution in [3.63, 3.8) is 0 Å². The van der Waals surface area contributed by atoms with Crippen molar-refractivity contribution in [2.45, 2.75) is 38.6 Å². The molecular weight excluding hydrogens is 198 g/mol. The molecule has 0 aromatic carbocycles. The molecule has 84 valence electrons. The molecular formula is C10H15NO4. The average molecular weight is 213 g/mol.